The minimum absolute atomic E-state index is 0.269. The lowest BCUT2D eigenvalue weighted by Gasteiger charge is -2.30. The fraction of sp³-hybridized carbons (Fsp3) is 0.174. The van der Waals surface area contributed by atoms with Crippen LogP contribution in [0.4, 0.5) is 24.5 Å². The zero-order chi connectivity index (χ0) is 22.0. The molecule has 1 N–H and O–H groups in total. The molecule has 0 atom stereocenters. The summed E-state index contributed by atoms with van der Waals surface area (Å²) >= 11 is 0. The van der Waals surface area contributed by atoms with E-state index < -0.39 is 11.7 Å². The number of amides is 2. The monoisotopic (exact) mass is 425 g/mol. The summed E-state index contributed by atoms with van der Waals surface area (Å²) in [5.41, 5.74) is 1.44. The number of nitrogens with zero attached hydrogens (tertiary/aromatic N) is 2. The first kappa shape index (κ1) is 20.6. The van der Waals surface area contributed by atoms with Gasteiger partial charge in [-0.25, -0.2) is 0 Å². The van der Waals surface area contributed by atoms with Gasteiger partial charge >= 0.3 is 6.18 Å². The Kier molecular flexibility index (Phi) is 5.46. The van der Waals surface area contributed by atoms with Crippen LogP contribution in [0.2, 0.25) is 0 Å². The van der Waals surface area contributed by atoms with Gasteiger partial charge in [0, 0.05) is 29.7 Å². The third-order valence-electron chi connectivity index (χ3n) is 5.06. The fourth-order valence-corrected chi connectivity index (χ4v) is 3.53. The van der Waals surface area contributed by atoms with E-state index in [-0.39, 0.29) is 17.5 Å². The lowest BCUT2D eigenvalue weighted by Crippen LogP contribution is -2.35. The summed E-state index contributed by atoms with van der Waals surface area (Å²) in [6, 6.07) is 14.8. The number of carbonyl (C=O) groups excluding carboxylic acids is 2. The molecule has 158 valence electrons. The van der Waals surface area contributed by atoms with Crippen LogP contribution in [-0.2, 0) is 12.6 Å². The smallest absolute Gasteiger partial charge is 0.321 e. The summed E-state index contributed by atoms with van der Waals surface area (Å²) in [5.74, 6) is -0.673. The molecule has 2 aromatic carbocycles. The zero-order valence-electron chi connectivity index (χ0n) is 16.3. The Balaban J connectivity index is 1.51. The van der Waals surface area contributed by atoms with Crippen molar-refractivity contribution in [3.63, 3.8) is 0 Å². The van der Waals surface area contributed by atoms with Crippen molar-refractivity contribution in [2.75, 3.05) is 16.8 Å². The second kappa shape index (κ2) is 8.22. The van der Waals surface area contributed by atoms with Crippen LogP contribution in [0.5, 0.6) is 0 Å². The van der Waals surface area contributed by atoms with Crippen LogP contribution in [0.1, 0.15) is 38.4 Å². The van der Waals surface area contributed by atoms with E-state index in [2.05, 4.69) is 10.3 Å². The first-order chi connectivity index (χ1) is 14.8. The molecule has 5 nitrogen and oxygen atoms in total. The second-order valence-electron chi connectivity index (χ2n) is 7.15. The van der Waals surface area contributed by atoms with Crippen LogP contribution in [-0.4, -0.2) is 23.3 Å². The zero-order valence-corrected chi connectivity index (χ0v) is 16.3. The molecule has 0 saturated carbocycles. The first-order valence-corrected chi connectivity index (χ1v) is 9.67. The molecule has 3 aromatic rings. The van der Waals surface area contributed by atoms with E-state index in [9.17, 15) is 22.8 Å². The van der Waals surface area contributed by atoms with Gasteiger partial charge in [0.2, 0.25) is 0 Å². The molecule has 1 aromatic heterocycles. The van der Waals surface area contributed by atoms with E-state index >= 15 is 0 Å². The SMILES string of the molecule is O=C(Nc1ccc(C(=O)N2CCCc3cc(C(F)(F)F)ccc32)cc1)c1ccccn1. The van der Waals surface area contributed by atoms with Gasteiger partial charge in [-0.15, -0.1) is 0 Å². The summed E-state index contributed by atoms with van der Waals surface area (Å²) in [6.07, 6.45) is -1.83. The average Bonchev–Trinajstić information content (AvgIpc) is 2.78. The predicted octanol–water partition coefficient (Wildman–Crippen LogP) is 4.95. The quantitative estimate of drug-likeness (QED) is 0.646. The molecule has 0 saturated heterocycles. The Morgan fingerprint density at radius 2 is 1.77 bits per heavy atom. The number of alkyl halides is 3. The minimum Gasteiger partial charge on any atom is -0.321 e. The second-order valence-corrected chi connectivity index (χ2v) is 7.15. The van der Waals surface area contributed by atoms with Crippen molar-refractivity contribution >= 4 is 23.2 Å². The van der Waals surface area contributed by atoms with Gasteiger partial charge in [0.1, 0.15) is 5.69 Å². The highest BCUT2D eigenvalue weighted by molar-refractivity contribution is 6.07. The van der Waals surface area contributed by atoms with Gasteiger partial charge < -0.3 is 10.2 Å². The molecule has 0 spiro atoms. The number of nitrogens with one attached hydrogen (secondary N) is 1. The van der Waals surface area contributed by atoms with E-state index in [0.717, 1.165) is 12.1 Å². The summed E-state index contributed by atoms with van der Waals surface area (Å²) < 4.78 is 39.0. The highest BCUT2D eigenvalue weighted by Gasteiger charge is 2.32. The average molecular weight is 425 g/mol. The van der Waals surface area contributed by atoms with E-state index in [0.29, 0.717) is 41.9 Å². The molecule has 31 heavy (non-hydrogen) atoms. The van der Waals surface area contributed by atoms with Gasteiger partial charge in [-0.05, 0) is 73.0 Å². The van der Waals surface area contributed by atoms with Gasteiger partial charge in [-0.2, -0.15) is 13.2 Å². The van der Waals surface area contributed by atoms with Crippen molar-refractivity contribution in [1.29, 1.82) is 0 Å². The van der Waals surface area contributed by atoms with Crippen molar-refractivity contribution in [3.8, 4) is 0 Å². The molecule has 8 heteroatoms. The Hall–Kier alpha value is -3.68. The number of anilines is 2. The molecule has 0 aliphatic carbocycles. The largest absolute Gasteiger partial charge is 0.416 e. The topological polar surface area (TPSA) is 62.3 Å². The number of hydrogen-bond acceptors (Lipinski definition) is 3. The molecule has 2 amide bonds. The molecular weight excluding hydrogens is 407 g/mol. The number of aromatic nitrogens is 1. The van der Waals surface area contributed by atoms with Crippen LogP contribution < -0.4 is 10.2 Å². The number of benzene rings is 2. The third-order valence-corrected chi connectivity index (χ3v) is 5.06. The third kappa shape index (κ3) is 4.42. The maximum atomic E-state index is 13.0. The van der Waals surface area contributed by atoms with Crippen molar-refractivity contribution in [2.45, 2.75) is 19.0 Å². The highest BCUT2D eigenvalue weighted by atomic mass is 19.4. The lowest BCUT2D eigenvalue weighted by molar-refractivity contribution is -0.137. The van der Waals surface area contributed by atoms with Gasteiger partial charge in [-0.1, -0.05) is 6.07 Å². The van der Waals surface area contributed by atoms with E-state index in [1.54, 1.807) is 42.5 Å². The fourth-order valence-electron chi connectivity index (χ4n) is 3.53. The van der Waals surface area contributed by atoms with E-state index in [1.807, 2.05) is 0 Å². The van der Waals surface area contributed by atoms with Gasteiger partial charge in [0.15, 0.2) is 0 Å². The highest BCUT2D eigenvalue weighted by Crippen LogP contribution is 2.35. The number of aryl methyl sites for hydroxylation is 1. The van der Waals surface area contributed by atoms with Crippen molar-refractivity contribution in [3.05, 3.63) is 89.2 Å². The molecule has 0 unspecified atom stereocenters. The van der Waals surface area contributed by atoms with Crippen molar-refractivity contribution in [1.82, 2.24) is 4.98 Å². The maximum Gasteiger partial charge on any atom is 0.416 e. The maximum absolute atomic E-state index is 13.0. The van der Waals surface area contributed by atoms with Gasteiger partial charge in [-0.3, -0.25) is 14.6 Å². The standard InChI is InChI=1S/C23H18F3N3O2/c24-23(25,26)17-8-11-20-16(14-17)4-3-13-29(20)22(31)15-6-9-18(10-7-15)28-21(30)19-5-1-2-12-27-19/h1-2,5-12,14H,3-4,13H2,(H,28,30). The Labute approximate surface area is 176 Å². The number of halogens is 3. The van der Waals surface area contributed by atoms with Gasteiger partial charge in [0.25, 0.3) is 11.8 Å². The molecule has 0 fully saturated rings. The molecular formula is C23H18F3N3O2. The number of fused-ring (bicyclic) bond motifs is 1. The summed E-state index contributed by atoms with van der Waals surface area (Å²) in [6.45, 7) is 0.426. The number of pyridine rings is 1. The Morgan fingerprint density at radius 3 is 2.45 bits per heavy atom. The molecule has 0 bridgehead atoms. The van der Waals surface area contributed by atoms with Crippen LogP contribution in [0.3, 0.4) is 0 Å². The van der Waals surface area contributed by atoms with Crippen LogP contribution in [0.15, 0.2) is 66.9 Å². The lowest BCUT2D eigenvalue weighted by atomic mass is 9.98. The normalized spacial score (nSPS) is 13.5. The number of hydrogen-bond donors (Lipinski definition) is 1. The van der Waals surface area contributed by atoms with E-state index in [1.165, 1.54) is 17.2 Å². The summed E-state index contributed by atoms with van der Waals surface area (Å²) in [5, 5.41) is 2.71. The first-order valence-electron chi connectivity index (χ1n) is 9.67. The van der Waals surface area contributed by atoms with E-state index in [4.69, 9.17) is 0 Å². The summed E-state index contributed by atoms with van der Waals surface area (Å²) in [4.78, 5) is 30.7. The van der Waals surface area contributed by atoms with Crippen molar-refractivity contribution < 1.29 is 22.8 Å². The van der Waals surface area contributed by atoms with Crippen molar-refractivity contribution in [2.24, 2.45) is 0 Å². The molecule has 1 aliphatic rings. The Bertz CT molecular complexity index is 1110. The summed E-state index contributed by atoms with van der Waals surface area (Å²) in [7, 11) is 0. The predicted molar refractivity (Wildman–Crippen MR) is 110 cm³/mol. The van der Waals surface area contributed by atoms with Gasteiger partial charge in [0.05, 0.1) is 5.56 Å². The molecule has 4 rings (SSSR count). The molecule has 1 aliphatic heterocycles. The number of rotatable bonds is 3. The molecule has 0 radical (unpaired) electrons. The Morgan fingerprint density at radius 1 is 1.00 bits per heavy atom. The van der Waals surface area contributed by atoms with Crippen LogP contribution in [0.25, 0.3) is 0 Å². The minimum atomic E-state index is -4.42. The molecule has 2 heterocycles. The number of carbonyl (C=O) groups is 2. The van der Waals surface area contributed by atoms with Crippen LogP contribution >= 0.6 is 0 Å². The van der Waals surface area contributed by atoms with Crippen LogP contribution in [0, 0.1) is 0 Å².